The first-order valence-electron chi connectivity index (χ1n) is 11.0. The van der Waals surface area contributed by atoms with Crippen molar-refractivity contribution in [1.82, 2.24) is 4.90 Å². The van der Waals surface area contributed by atoms with Crippen molar-refractivity contribution in [3.05, 3.63) is 33.8 Å². The van der Waals surface area contributed by atoms with Crippen molar-refractivity contribution in [2.45, 2.75) is 88.8 Å². The van der Waals surface area contributed by atoms with Gasteiger partial charge >= 0.3 is 5.97 Å². The highest BCUT2D eigenvalue weighted by molar-refractivity contribution is 6.42. The SMILES string of the molecule is CCCCCCCC(=O)O[C@@H]1CN2[C@H]3CC[C@@H]2[C@@H]1[C@@H](c1ccc(Cl)c(Cl)c1)C3. The van der Waals surface area contributed by atoms with E-state index >= 15 is 0 Å². The predicted octanol–water partition coefficient (Wildman–Crippen LogP) is 6.22. The van der Waals surface area contributed by atoms with Crippen LogP contribution in [0.5, 0.6) is 0 Å². The van der Waals surface area contributed by atoms with E-state index in [4.69, 9.17) is 27.9 Å². The number of nitrogens with zero attached hydrogens (tertiary/aromatic N) is 1. The highest BCUT2D eigenvalue weighted by atomic mass is 35.5. The lowest BCUT2D eigenvalue weighted by molar-refractivity contribution is -0.150. The van der Waals surface area contributed by atoms with Gasteiger partial charge in [0.1, 0.15) is 6.10 Å². The Labute approximate surface area is 178 Å². The Morgan fingerprint density at radius 1 is 1.14 bits per heavy atom. The highest BCUT2D eigenvalue weighted by Crippen LogP contribution is 2.53. The number of piperidine rings is 1. The highest BCUT2D eigenvalue weighted by Gasteiger charge is 2.56. The molecule has 3 fully saturated rings. The molecule has 3 heterocycles. The summed E-state index contributed by atoms with van der Waals surface area (Å²) in [6.07, 6.45) is 9.94. The van der Waals surface area contributed by atoms with Crippen LogP contribution in [0.1, 0.15) is 76.2 Å². The second-order valence-corrected chi connectivity index (χ2v) is 9.60. The van der Waals surface area contributed by atoms with Crippen molar-refractivity contribution < 1.29 is 9.53 Å². The third kappa shape index (κ3) is 4.08. The summed E-state index contributed by atoms with van der Waals surface area (Å²) < 4.78 is 6.05. The number of esters is 1. The minimum absolute atomic E-state index is 0.0119. The molecule has 0 amide bonds. The van der Waals surface area contributed by atoms with Crippen molar-refractivity contribution in [3.63, 3.8) is 0 Å². The van der Waals surface area contributed by atoms with Gasteiger partial charge in [0.15, 0.2) is 0 Å². The molecule has 0 aromatic heterocycles. The third-order valence-corrected chi connectivity index (χ3v) is 7.82. The Balaban J connectivity index is 1.43. The molecule has 0 radical (unpaired) electrons. The quantitative estimate of drug-likeness (QED) is 0.367. The zero-order valence-corrected chi connectivity index (χ0v) is 18.2. The number of hydrogen-bond acceptors (Lipinski definition) is 3. The maximum Gasteiger partial charge on any atom is 0.306 e. The molecule has 1 unspecified atom stereocenters. The minimum Gasteiger partial charge on any atom is -0.461 e. The van der Waals surface area contributed by atoms with Crippen molar-refractivity contribution >= 4 is 29.2 Å². The molecule has 0 N–H and O–H groups in total. The average molecular weight is 424 g/mol. The fourth-order valence-electron chi connectivity index (χ4n) is 5.79. The van der Waals surface area contributed by atoms with Crippen LogP contribution in [0.4, 0.5) is 0 Å². The van der Waals surface area contributed by atoms with Crippen LogP contribution in [0.3, 0.4) is 0 Å². The van der Waals surface area contributed by atoms with Gasteiger partial charge in [0.25, 0.3) is 0 Å². The van der Waals surface area contributed by atoms with Crippen LogP contribution in [0.25, 0.3) is 0 Å². The van der Waals surface area contributed by atoms with Crippen LogP contribution < -0.4 is 0 Å². The van der Waals surface area contributed by atoms with E-state index in [9.17, 15) is 4.79 Å². The Morgan fingerprint density at radius 2 is 1.96 bits per heavy atom. The standard InChI is InChI=1S/C23H31Cl2NO2/c1-2-3-4-5-6-7-22(27)28-21-14-26-16-9-11-20(26)23(21)17(13-16)15-8-10-18(24)19(25)12-15/h8,10,12,16-17,20-21,23H,2-7,9,11,13-14H2,1H3/t16-,17+,20+,21+,23-/m0/s1. The van der Waals surface area contributed by atoms with Crippen LogP contribution >= 0.6 is 23.2 Å². The second kappa shape index (κ2) is 8.93. The largest absolute Gasteiger partial charge is 0.461 e. The van der Waals surface area contributed by atoms with Gasteiger partial charge in [-0.15, -0.1) is 0 Å². The van der Waals surface area contributed by atoms with Crippen LogP contribution in [-0.4, -0.2) is 35.6 Å². The molecule has 154 valence electrons. The van der Waals surface area contributed by atoms with Crippen molar-refractivity contribution in [3.8, 4) is 0 Å². The van der Waals surface area contributed by atoms with Gasteiger partial charge in [-0.3, -0.25) is 9.69 Å². The third-order valence-electron chi connectivity index (χ3n) is 7.08. The van der Waals surface area contributed by atoms with Crippen LogP contribution in [-0.2, 0) is 9.53 Å². The van der Waals surface area contributed by atoms with Gasteiger partial charge in [0.05, 0.1) is 10.0 Å². The average Bonchev–Trinajstić information content (AvgIpc) is 3.08. The normalized spacial score (nSPS) is 33.2. The van der Waals surface area contributed by atoms with Gasteiger partial charge in [0, 0.05) is 31.0 Å². The number of benzene rings is 1. The van der Waals surface area contributed by atoms with E-state index in [0.717, 1.165) is 25.8 Å². The van der Waals surface area contributed by atoms with Gasteiger partial charge in [-0.1, -0.05) is 61.9 Å². The first-order valence-corrected chi connectivity index (χ1v) is 11.7. The Kier molecular flexibility index (Phi) is 6.54. The van der Waals surface area contributed by atoms with Gasteiger partial charge in [-0.25, -0.2) is 0 Å². The number of unbranched alkanes of at least 4 members (excludes halogenated alkanes) is 4. The molecule has 4 bridgehead atoms. The summed E-state index contributed by atoms with van der Waals surface area (Å²) in [4.78, 5) is 15.1. The molecule has 28 heavy (non-hydrogen) atoms. The van der Waals surface area contributed by atoms with E-state index in [2.05, 4.69) is 17.9 Å². The lowest BCUT2D eigenvalue weighted by Crippen LogP contribution is -2.41. The first-order chi connectivity index (χ1) is 13.6. The second-order valence-electron chi connectivity index (χ2n) is 8.78. The monoisotopic (exact) mass is 423 g/mol. The fraction of sp³-hybridized carbons (Fsp3) is 0.696. The summed E-state index contributed by atoms with van der Waals surface area (Å²) in [7, 11) is 0. The first kappa shape index (κ1) is 20.5. The number of rotatable bonds is 8. The molecular formula is C23H31Cl2NO2. The van der Waals surface area contributed by atoms with Crippen molar-refractivity contribution in [1.29, 1.82) is 0 Å². The van der Waals surface area contributed by atoms with Crippen molar-refractivity contribution in [2.75, 3.05) is 6.54 Å². The molecule has 6 atom stereocenters. The zero-order valence-electron chi connectivity index (χ0n) is 16.7. The maximum absolute atomic E-state index is 12.5. The van der Waals surface area contributed by atoms with Crippen molar-refractivity contribution in [2.24, 2.45) is 5.92 Å². The van der Waals surface area contributed by atoms with E-state index < -0.39 is 0 Å². The Morgan fingerprint density at radius 3 is 2.75 bits per heavy atom. The number of carbonyl (C=O) groups excluding carboxylic acids is 1. The molecule has 4 rings (SSSR count). The zero-order chi connectivity index (χ0) is 19.7. The van der Waals surface area contributed by atoms with Gasteiger partial charge in [0.2, 0.25) is 0 Å². The molecule has 3 nitrogen and oxygen atoms in total. The Bertz CT molecular complexity index is 710. The van der Waals surface area contributed by atoms with Crippen LogP contribution in [0, 0.1) is 5.92 Å². The van der Waals surface area contributed by atoms with Crippen LogP contribution in [0.2, 0.25) is 10.0 Å². The van der Waals surface area contributed by atoms with E-state index in [1.54, 1.807) is 0 Å². The van der Waals surface area contributed by atoms with E-state index in [-0.39, 0.29) is 12.1 Å². The van der Waals surface area contributed by atoms with Gasteiger partial charge < -0.3 is 4.74 Å². The molecular weight excluding hydrogens is 393 g/mol. The smallest absolute Gasteiger partial charge is 0.306 e. The number of ether oxygens (including phenoxy) is 1. The summed E-state index contributed by atoms with van der Waals surface area (Å²) in [6, 6.07) is 7.19. The van der Waals surface area contributed by atoms with Crippen LogP contribution in [0.15, 0.2) is 18.2 Å². The van der Waals surface area contributed by atoms with Gasteiger partial charge in [-0.05, 0) is 49.3 Å². The minimum atomic E-state index is -0.0148. The van der Waals surface area contributed by atoms with E-state index in [1.807, 2.05) is 12.1 Å². The lowest BCUT2D eigenvalue weighted by atomic mass is 9.76. The number of hydrogen-bond donors (Lipinski definition) is 0. The molecule has 3 aliphatic rings. The van der Waals surface area contributed by atoms with E-state index in [1.165, 1.54) is 37.7 Å². The summed E-state index contributed by atoms with van der Waals surface area (Å²) in [5.41, 5.74) is 1.25. The van der Waals surface area contributed by atoms with Gasteiger partial charge in [-0.2, -0.15) is 0 Å². The molecule has 0 spiro atoms. The molecule has 0 saturated carbocycles. The molecule has 3 aliphatic heterocycles. The molecule has 5 heteroatoms. The summed E-state index contributed by atoms with van der Waals surface area (Å²) >= 11 is 12.4. The summed E-state index contributed by atoms with van der Waals surface area (Å²) in [5, 5.41) is 1.22. The molecule has 1 aromatic rings. The predicted molar refractivity (Wildman–Crippen MR) is 114 cm³/mol. The Hall–Kier alpha value is -0.770. The van der Waals surface area contributed by atoms with E-state index in [0.29, 0.717) is 40.4 Å². The topological polar surface area (TPSA) is 29.5 Å². The maximum atomic E-state index is 12.5. The molecule has 0 aliphatic carbocycles. The lowest BCUT2D eigenvalue weighted by Gasteiger charge is -2.37. The molecule has 3 saturated heterocycles. The fourth-order valence-corrected chi connectivity index (χ4v) is 6.10. The number of carbonyl (C=O) groups is 1. The summed E-state index contributed by atoms with van der Waals surface area (Å²) in [5.74, 6) is 0.757. The molecule has 1 aromatic carbocycles. The summed E-state index contributed by atoms with van der Waals surface area (Å²) in [6.45, 7) is 3.11. The number of halogens is 2.